The molecule has 0 spiro atoms. The zero-order chi connectivity index (χ0) is 15.0. The van der Waals surface area contributed by atoms with Gasteiger partial charge in [0.1, 0.15) is 5.01 Å². The number of alkyl halides is 3. The minimum Gasteiger partial charge on any atom is -0.330 e. The van der Waals surface area contributed by atoms with Gasteiger partial charge in [-0.05, 0) is 24.8 Å². The summed E-state index contributed by atoms with van der Waals surface area (Å²) in [5.41, 5.74) is 5.58. The smallest absolute Gasteiger partial charge is 0.330 e. The van der Waals surface area contributed by atoms with Crippen molar-refractivity contribution in [3.8, 4) is 0 Å². The van der Waals surface area contributed by atoms with Gasteiger partial charge in [-0.1, -0.05) is 25.2 Å². The molecule has 0 unspecified atom stereocenters. The fraction of sp³-hybridized carbons (Fsp3) is 0.727. The summed E-state index contributed by atoms with van der Waals surface area (Å²) in [6.07, 6.45) is -2.25. The van der Waals surface area contributed by atoms with Crippen LogP contribution >= 0.6 is 11.3 Å². The third-order valence-electron chi connectivity index (χ3n) is 3.12. The normalized spacial score (nSPS) is 13.3. The van der Waals surface area contributed by atoms with Gasteiger partial charge in [0.15, 0.2) is 0 Å². The van der Waals surface area contributed by atoms with E-state index in [1.807, 2.05) is 0 Å². The molecule has 0 aliphatic heterocycles. The molecule has 2 aromatic rings. The molecule has 2 N–H and O–H groups in total. The molecule has 0 fully saturated rings. The van der Waals surface area contributed by atoms with Gasteiger partial charge in [0.05, 0.1) is 0 Å². The number of nitrogens with zero attached hydrogens (tertiary/aromatic N) is 4. The lowest BCUT2D eigenvalue weighted by Crippen LogP contribution is -2.18. The van der Waals surface area contributed by atoms with E-state index < -0.39 is 12.0 Å². The number of aromatic nitrogens is 4. The molecular formula is C11H16F3N5S. The first-order valence-corrected chi connectivity index (χ1v) is 7.03. The molecule has 2 heterocycles. The van der Waals surface area contributed by atoms with Crippen LogP contribution in [0.3, 0.4) is 0 Å². The first kappa shape index (κ1) is 15.2. The van der Waals surface area contributed by atoms with Crippen molar-refractivity contribution in [3.63, 3.8) is 0 Å². The average molecular weight is 307 g/mol. The predicted octanol–water partition coefficient (Wildman–Crippen LogP) is 2.51. The zero-order valence-corrected chi connectivity index (χ0v) is 12.1. The molecule has 20 heavy (non-hydrogen) atoms. The summed E-state index contributed by atoms with van der Waals surface area (Å²) < 4.78 is 38.8. The van der Waals surface area contributed by atoms with Crippen molar-refractivity contribution in [2.75, 3.05) is 6.54 Å². The molecule has 0 atom stereocenters. The van der Waals surface area contributed by atoms with Gasteiger partial charge in [-0.3, -0.25) is 0 Å². The second-order valence-corrected chi connectivity index (χ2v) is 6.45. The van der Waals surface area contributed by atoms with Crippen LogP contribution in [0.1, 0.15) is 37.5 Å². The molecule has 0 bridgehead atoms. The van der Waals surface area contributed by atoms with E-state index in [-0.39, 0.29) is 10.4 Å². The fourth-order valence-corrected chi connectivity index (χ4v) is 2.73. The summed E-state index contributed by atoms with van der Waals surface area (Å²) in [6.45, 7) is 4.76. The molecule has 9 heteroatoms. The van der Waals surface area contributed by atoms with Gasteiger partial charge in [-0.25, -0.2) is 0 Å². The van der Waals surface area contributed by atoms with E-state index in [1.165, 1.54) is 0 Å². The first-order chi connectivity index (χ1) is 9.23. The molecule has 0 saturated carbocycles. The lowest BCUT2D eigenvalue weighted by Gasteiger charge is -2.22. The van der Waals surface area contributed by atoms with Crippen molar-refractivity contribution < 1.29 is 13.2 Å². The Kier molecular flexibility index (Phi) is 4.01. The molecule has 5 nitrogen and oxygen atoms in total. The van der Waals surface area contributed by atoms with Crippen molar-refractivity contribution >= 4 is 16.3 Å². The van der Waals surface area contributed by atoms with E-state index in [4.69, 9.17) is 5.73 Å². The van der Waals surface area contributed by atoms with E-state index in [9.17, 15) is 13.2 Å². The van der Waals surface area contributed by atoms with E-state index in [1.54, 1.807) is 0 Å². The Balaban J connectivity index is 2.15. The second-order valence-electron chi connectivity index (χ2n) is 5.41. The molecule has 2 rings (SSSR count). The summed E-state index contributed by atoms with van der Waals surface area (Å²) in [7, 11) is 0. The highest BCUT2D eigenvalue weighted by Crippen LogP contribution is 2.30. The van der Waals surface area contributed by atoms with Crippen LogP contribution in [0.15, 0.2) is 0 Å². The maximum atomic E-state index is 12.7. The number of hydrogen-bond acceptors (Lipinski definition) is 5. The van der Waals surface area contributed by atoms with Crippen LogP contribution < -0.4 is 5.73 Å². The van der Waals surface area contributed by atoms with Gasteiger partial charge in [-0.2, -0.15) is 22.8 Å². The SMILES string of the molecule is CC(C)(CCN)CCc1nn2c(C(F)(F)F)nnc2s1. The van der Waals surface area contributed by atoms with Gasteiger partial charge < -0.3 is 5.73 Å². The van der Waals surface area contributed by atoms with Crippen molar-refractivity contribution in [1.29, 1.82) is 0 Å². The van der Waals surface area contributed by atoms with Crippen molar-refractivity contribution in [2.45, 2.75) is 39.3 Å². The van der Waals surface area contributed by atoms with Crippen LogP contribution in [0.5, 0.6) is 0 Å². The molecular weight excluding hydrogens is 291 g/mol. The minimum atomic E-state index is -4.54. The lowest BCUT2D eigenvalue weighted by molar-refractivity contribution is -0.146. The Morgan fingerprint density at radius 1 is 1.20 bits per heavy atom. The summed E-state index contributed by atoms with van der Waals surface area (Å²) >= 11 is 1.14. The van der Waals surface area contributed by atoms with E-state index >= 15 is 0 Å². The van der Waals surface area contributed by atoms with Crippen LogP contribution in [0.25, 0.3) is 4.96 Å². The van der Waals surface area contributed by atoms with E-state index in [0.717, 1.165) is 28.7 Å². The quantitative estimate of drug-likeness (QED) is 0.921. The Labute approximate surface area is 118 Å². The number of halogens is 3. The van der Waals surface area contributed by atoms with Crippen LogP contribution in [-0.2, 0) is 12.6 Å². The Morgan fingerprint density at radius 3 is 2.50 bits per heavy atom. The van der Waals surface area contributed by atoms with E-state index in [0.29, 0.717) is 18.0 Å². The number of aryl methyl sites for hydroxylation is 1. The Bertz CT molecular complexity index is 586. The van der Waals surface area contributed by atoms with E-state index in [2.05, 4.69) is 29.1 Å². The molecule has 0 aliphatic rings. The first-order valence-electron chi connectivity index (χ1n) is 6.21. The highest BCUT2D eigenvalue weighted by atomic mass is 32.1. The predicted molar refractivity (Wildman–Crippen MR) is 69.4 cm³/mol. The third kappa shape index (κ3) is 3.26. The number of nitrogens with two attached hydrogens (primary N) is 1. The Hall–Kier alpha value is -1.22. The average Bonchev–Trinajstić information content (AvgIpc) is 2.83. The molecule has 0 aromatic carbocycles. The van der Waals surface area contributed by atoms with Gasteiger partial charge in [-0.15, -0.1) is 10.2 Å². The topological polar surface area (TPSA) is 69.1 Å². The molecule has 2 aromatic heterocycles. The molecule has 0 radical (unpaired) electrons. The van der Waals surface area contributed by atoms with Crippen molar-refractivity contribution in [3.05, 3.63) is 10.8 Å². The maximum Gasteiger partial charge on any atom is 0.453 e. The number of rotatable bonds is 5. The van der Waals surface area contributed by atoms with Gasteiger partial charge in [0.2, 0.25) is 4.96 Å². The largest absolute Gasteiger partial charge is 0.453 e. The van der Waals surface area contributed by atoms with Crippen LogP contribution in [0, 0.1) is 5.41 Å². The minimum absolute atomic E-state index is 0.0492. The molecule has 112 valence electrons. The van der Waals surface area contributed by atoms with Crippen LogP contribution in [0.4, 0.5) is 13.2 Å². The van der Waals surface area contributed by atoms with Gasteiger partial charge in [0.25, 0.3) is 5.82 Å². The molecule has 0 aliphatic carbocycles. The number of hydrogen-bond donors (Lipinski definition) is 1. The highest BCUT2D eigenvalue weighted by Gasteiger charge is 2.38. The Morgan fingerprint density at radius 2 is 1.90 bits per heavy atom. The molecule has 0 saturated heterocycles. The van der Waals surface area contributed by atoms with Crippen LogP contribution in [0.2, 0.25) is 0 Å². The van der Waals surface area contributed by atoms with Crippen molar-refractivity contribution in [1.82, 2.24) is 19.8 Å². The third-order valence-corrected chi connectivity index (χ3v) is 4.08. The summed E-state index contributed by atoms with van der Waals surface area (Å²) in [6, 6.07) is 0. The lowest BCUT2D eigenvalue weighted by atomic mass is 9.84. The summed E-state index contributed by atoms with van der Waals surface area (Å²) in [5.74, 6) is -1.07. The summed E-state index contributed by atoms with van der Waals surface area (Å²) in [5, 5.41) is 11.2. The highest BCUT2D eigenvalue weighted by molar-refractivity contribution is 7.16. The monoisotopic (exact) mass is 307 g/mol. The standard InChI is InChI=1S/C11H16F3N5S/c1-10(2,5-6-15)4-3-7-18-19-8(11(12,13)14)16-17-9(19)20-7/h3-6,15H2,1-2H3. The number of fused-ring (bicyclic) bond motifs is 1. The second kappa shape index (κ2) is 5.28. The molecule has 0 amide bonds. The maximum absolute atomic E-state index is 12.7. The summed E-state index contributed by atoms with van der Waals surface area (Å²) in [4.78, 5) is 0.170. The fourth-order valence-electron chi connectivity index (χ4n) is 1.90. The van der Waals surface area contributed by atoms with Gasteiger partial charge in [0, 0.05) is 6.42 Å². The van der Waals surface area contributed by atoms with Crippen molar-refractivity contribution in [2.24, 2.45) is 11.1 Å². The van der Waals surface area contributed by atoms with Gasteiger partial charge >= 0.3 is 6.18 Å². The zero-order valence-electron chi connectivity index (χ0n) is 11.2. The van der Waals surface area contributed by atoms with Crippen LogP contribution in [-0.4, -0.2) is 26.4 Å².